The number of carbonyl (C=O) groups excluding carboxylic acids is 1. The molecular weight excluding hydrogens is 250 g/mol. The fraction of sp³-hybridized carbons (Fsp3) is 0.333. The minimum absolute atomic E-state index is 0.136. The highest BCUT2D eigenvalue weighted by Gasteiger charge is 2.19. The Bertz CT molecular complexity index is 498. The van der Waals surface area contributed by atoms with Crippen LogP contribution in [0.5, 0.6) is 5.75 Å². The number of aromatic hydroxyl groups is 1. The van der Waals surface area contributed by atoms with Gasteiger partial charge in [0.1, 0.15) is 5.75 Å². The number of phenols is 1. The molecule has 1 aliphatic rings. The van der Waals surface area contributed by atoms with Crippen LogP contribution >= 0.6 is 0 Å². The number of carboxylic acids is 1. The van der Waals surface area contributed by atoms with Crippen molar-refractivity contribution in [2.75, 3.05) is 31.5 Å². The molecule has 2 amide bonds. The molecule has 2 rings (SSSR count). The SMILES string of the molecule is O=C(O)c1cc(O)ccc1NC(=O)N1CCNCC1. The van der Waals surface area contributed by atoms with Gasteiger partial charge in [0.25, 0.3) is 0 Å². The van der Waals surface area contributed by atoms with Crippen molar-refractivity contribution >= 4 is 17.7 Å². The van der Waals surface area contributed by atoms with Gasteiger partial charge >= 0.3 is 12.0 Å². The Labute approximate surface area is 109 Å². The number of carbonyl (C=O) groups is 2. The molecule has 1 fully saturated rings. The summed E-state index contributed by atoms with van der Waals surface area (Å²) in [5, 5.41) is 24.0. The Kier molecular flexibility index (Phi) is 3.86. The summed E-state index contributed by atoms with van der Waals surface area (Å²) in [6.07, 6.45) is 0. The summed E-state index contributed by atoms with van der Waals surface area (Å²) in [5.41, 5.74) is 0.0392. The first-order valence-corrected chi connectivity index (χ1v) is 5.91. The van der Waals surface area contributed by atoms with Gasteiger partial charge in [-0.3, -0.25) is 0 Å². The second kappa shape index (κ2) is 5.57. The summed E-state index contributed by atoms with van der Waals surface area (Å²) in [7, 11) is 0. The maximum atomic E-state index is 12.0. The lowest BCUT2D eigenvalue weighted by Gasteiger charge is -2.27. The van der Waals surface area contributed by atoms with E-state index in [4.69, 9.17) is 5.11 Å². The van der Waals surface area contributed by atoms with Crippen molar-refractivity contribution in [3.8, 4) is 5.75 Å². The molecule has 1 aromatic carbocycles. The Hall–Kier alpha value is -2.28. The quantitative estimate of drug-likeness (QED) is 0.584. The number of amides is 2. The Balaban J connectivity index is 2.13. The van der Waals surface area contributed by atoms with Gasteiger partial charge in [0.2, 0.25) is 0 Å². The number of nitrogens with one attached hydrogen (secondary N) is 2. The first-order chi connectivity index (χ1) is 9.08. The van der Waals surface area contributed by atoms with Crippen molar-refractivity contribution in [1.82, 2.24) is 10.2 Å². The van der Waals surface area contributed by atoms with E-state index < -0.39 is 5.97 Å². The summed E-state index contributed by atoms with van der Waals surface area (Å²) >= 11 is 0. The van der Waals surface area contributed by atoms with E-state index in [2.05, 4.69) is 10.6 Å². The number of urea groups is 1. The second-order valence-corrected chi connectivity index (χ2v) is 4.20. The highest BCUT2D eigenvalue weighted by Crippen LogP contribution is 2.21. The van der Waals surface area contributed by atoms with Gasteiger partial charge in [-0.05, 0) is 18.2 Å². The number of rotatable bonds is 2. The van der Waals surface area contributed by atoms with Crippen molar-refractivity contribution in [1.29, 1.82) is 0 Å². The average molecular weight is 265 g/mol. The molecule has 0 spiro atoms. The van der Waals surface area contributed by atoms with Crippen LogP contribution in [0.2, 0.25) is 0 Å². The van der Waals surface area contributed by atoms with Gasteiger partial charge < -0.3 is 25.7 Å². The van der Waals surface area contributed by atoms with E-state index >= 15 is 0 Å². The zero-order valence-corrected chi connectivity index (χ0v) is 10.2. The number of nitrogens with zero attached hydrogens (tertiary/aromatic N) is 1. The van der Waals surface area contributed by atoms with Gasteiger partial charge in [0.05, 0.1) is 11.3 Å². The summed E-state index contributed by atoms with van der Waals surface area (Å²) in [6, 6.07) is 3.48. The van der Waals surface area contributed by atoms with Gasteiger partial charge in [0, 0.05) is 26.2 Å². The first-order valence-electron chi connectivity index (χ1n) is 5.91. The molecule has 0 saturated carbocycles. The van der Waals surface area contributed by atoms with Crippen LogP contribution in [0.1, 0.15) is 10.4 Å². The molecule has 4 N–H and O–H groups in total. The molecule has 1 aromatic rings. The van der Waals surface area contributed by atoms with Crippen LogP contribution in [0.25, 0.3) is 0 Å². The van der Waals surface area contributed by atoms with Crippen LogP contribution in [0, 0.1) is 0 Å². The highest BCUT2D eigenvalue weighted by molar-refractivity contribution is 6.00. The molecule has 7 heteroatoms. The standard InChI is InChI=1S/C12H15N3O4/c16-8-1-2-10(9(7-8)11(17)18)14-12(19)15-5-3-13-4-6-15/h1-2,7,13,16H,3-6H2,(H,14,19)(H,17,18). The number of anilines is 1. The molecule has 0 atom stereocenters. The van der Waals surface area contributed by atoms with Crippen molar-refractivity contribution in [3.05, 3.63) is 23.8 Å². The summed E-state index contributed by atoms with van der Waals surface area (Å²) in [4.78, 5) is 24.6. The Morgan fingerprint density at radius 3 is 2.58 bits per heavy atom. The molecule has 0 unspecified atom stereocenters. The van der Waals surface area contributed by atoms with E-state index in [1.54, 1.807) is 4.90 Å². The zero-order valence-electron chi connectivity index (χ0n) is 10.2. The van der Waals surface area contributed by atoms with Gasteiger partial charge in [-0.2, -0.15) is 0 Å². The van der Waals surface area contributed by atoms with Gasteiger partial charge in [-0.25, -0.2) is 9.59 Å². The van der Waals surface area contributed by atoms with Crippen LogP contribution in [0.3, 0.4) is 0 Å². The third-order valence-electron chi connectivity index (χ3n) is 2.88. The molecule has 0 bridgehead atoms. The largest absolute Gasteiger partial charge is 0.508 e. The van der Waals surface area contributed by atoms with Crippen LogP contribution in [0.4, 0.5) is 10.5 Å². The number of benzene rings is 1. The van der Waals surface area contributed by atoms with Crippen LogP contribution in [-0.4, -0.2) is 53.3 Å². The third-order valence-corrected chi connectivity index (χ3v) is 2.88. The van der Waals surface area contributed by atoms with E-state index in [0.29, 0.717) is 13.1 Å². The lowest BCUT2D eigenvalue weighted by Crippen LogP contribution is -2.48. The minimum Gasteiger partial charge on any atom is -0.508 e. The number of phenolic OH excluding ortho intramolecular Hbond substituents is 1. The average Bonchev–Trinajstić information content (AvgIpc) is 2.41. The molecule has 1 heterocycles. The fourth-order valence-corrected chi connectivity index (χ4v) is 1.88. The smallest absolute Gasteiger partial charge is 0.337 e. The predicted octanol–water partition coefficient (Wildman–Crippen LogP) is 0.527. The topological polar surface area (TPSA) is 102 Å². The van der Waals surface area contributed by atoms with Gasteiger partial charge in [0.15, 0.2) is 0 Å². The molecule has 1 aliphatic heterocycles. The van der Waals surface area contributed by atoms with Crippen molar-refractivity contribution in [2.45, 2.75) is 0 Å². The molecule has 0 radical (unpaired) electrons. The number of piperazine rings is 1. The zero-order chi connectivity index (χ0) is 13.8. The van der Waals surface area contributed by atoms with E-state index in [-0.39, 0.29) is 23.0 Å². The lowest BCUT2D eigenvalue weighted by atomic mass is 10.1. The normalized spacial score (nSPS) is 15.1. The molecule has 102 valence electrons. The molecule has 0 aliphatic carbocycles. The Morgan fingerprint density at radius 2 is 1.95 bits per heavy atom. The maximum absolute atomic E-state index is 12.0. The predicted molar refractivity (Wildman–Crippen MR) is 68.5 cm³/mol. The monoisotopic (exact) mass is 265 g/mol. The maximum Gasteiger partial charge on any atom is 0.337 e. The Morgan fingerprint density at radius 1 is 1.26 bits per heavy atom. The number of hydrogen-bond acceptors (Lipinski definition) is 4. The molecule has 1 saturated heterocycles. The first kappa shape index (κ1) is 13.2. The summed E-state index contributed by atoms with van der Waals surface area (Å²) in [5.74, 6) is -1.36. The van der Waals surface area contributed by atoms with Crippen LogP contribution < -0.4 is 10.6 Å². The van der Waals surface area contributed by atoms with E-state index in [0.717, 1.165) is 19.2 Å². The van der Waals surface area contributed by atoms with Crippen molar-refractivity contribution < 1.29 is 19.8 Å². The second-order valence-electron chi connectivity index (χ2n) is 4.20. The van der Waals surface area contributed by atoms with Crippen LogP contribution in [0.15, 0.2) is 18.2 Å². The van der Waals surface area contributed by atoms with Crippen molar-refractivity contribution in [3.63, 3.8) is 0 Å². The third kappa shape index (κ3) is 3.14. The lowest BCUT2D eigenvalue weighted by molar-refractivity contribution is 0.0697. The highest BCUT2D eigenvalue weighted by atomic mass is 16.4. The molecule has 19 heavy (non-hydrogen) atoms. The summed E-state index contributed by atoms with van der Waals surface area (Å²) in [6.45, 7) is 2.59. The van der Waals surface area contributed by atoms with Crippen LogP contribution in [-0.2, 0) is 0 Å². The van der Waals surface area contributed by atoms with E-state index in [9.17, 15) is 14.7 Å². The number of carboxylic acid groups (broad SMARTS) is 1. The van der Waals surface area contributed by atoms with E-state index in [1.807, 2.05) is 0 Å². The van der Waals surface area contributed by atoms with Gasteiger partial charge in [-0.1, -0.05) is 0 Å². The molecule has 7 nitrogen and oxygen atoms in total. The number of hydrogen-bond donors (Lipinski definition) is 4. The van der Waals surface area contributed by atoms with Gasteiger partial charge in [-0.15, -0.1) is 0 Å². The van der Waals surface area contributed by atoms with E-state index in [1.165, 1.54) is 12.1 Å². The minimum atomic E-state index is -1.20. The fourth-order valence-electron chi connectivity index (χ4n) is 1.88. The summed E-state index contributed by atoms with van der Waals surface area (Å²) < 4.78 is 0. The van der Waals surface area contributed by atoms with Crippen molar-refractivity contribution in [2.24, 2.45) is 0 Å². The number of aromatic carboxylic acids is 1. The molecule has 0 aromatic heterocycles. The molecular formula is C12H15N3O4.